The molecule has 0 spiro atoms. The number of anilines is 1. The number of aliphatic carboxylic acids is 1. The molecule has 5 heteroatoms. The molecule has 5 aliphatic rings. The second-order valence-electron chi connectivity index (χ2n) is 10.6. The fraction of sp³-hybridized carbons (Fsp3) is 0.680. The predicted octanol–water partition coefficient (Wildman–Crippen LogP) is 4.16. The highest BCUT2D eigenvalue weighted by Crippen LogP contribution is 2.60. The third-order valence-corrected chi connectivity index (χ3v) is 8.38. The molecule has 0 unspecified atom stereocenters. The number of carbonyl (C=O) groups excluding carboxylic acids is 1. The van der Waals surface area contributed by atoms with Gasteiger partial charge in [-0.3, -0.25) is 9.59 Å². The highest BCUT2D eigenvalue weighted by molar-refractivity contribution is 5.83. The molecule has 4 saturated carbocycles. The van der Waals surface area contributed by atoms with Crippen molar-refractivity contribution in [1.82, 2.24) is 4.90 Å². The molecule has 5 nitrogen and oxygen atoms in total. The van der Waals surface area contributed by atoms with Crippen molar-refractivity contribution in [2.75, 3.05) is 25.0 Å². The first-order valence-electron chi connectivity index (χ1n) is 11.7. The molecular formula is C25H34N2O3. The Hall–Kier alpha value is -2.04. The standard InChI is InChI=1S/C25H34N2O3/c1-26(24(30)25-13-18-9-19(14-25)11-20(10-18)15-25)16-17-3-2-4-22(12-17)27-7-5-21(6-8-27)23(28)29/h2-4,12,18-21H,5-11,13-16H2,1H3,(H,28,29). The minimum absolute atomic E-state index is 0.0835. The summed E-state index contributed by atoms with van der Waals surface area (Å²) < 4.78 is 0. The smallest absolute Gasteiger partial charge is 0.306 e. The van der Waals surface area contributed by atoms with Gasteiger partial charge in [0.25, 0.3) is 0 Å². The number of amides is 1. The minimum Gasteiger partial charge on any atom is -0.481 e. The number of rotatable bonds is 5. The second kappa shape index (κ2) is 7.58. The van der Waals surface area contributed by atoms with Crippen LogP contribution in [0.4, 0.5) is 5.69 Å². The number of hydrogen-bond donors (Lipinski definition) is 1. The van der Waals surface area contributed by atoms with Gasteiger partial charge in [-0.25, -0.2) is 0 Å². The van der Waals surface area contributed by atoms with Crippen LogP contribution in [0.15, 0.2) is 24.3 Å². The van der Waals surface area contributed by atoms with Gasteiger partial charge in [0.2, 0.25) is 5.91 Å². The van der Waals surface area contributed by atoms with Gasteiger partial charge in [0.1, 0.15) is 0 Å². The third-order valence-electron chi connectivity index (χ3n) is 8.38. The predicted molar refractivity (Wildman–Crippen MR) is 116 cm³/mol. The second-order valence-corrected chi connectivity index (χ2v) is 10.6. The van der Waals surface area contributed by atoms with Crippen molar-refractivity contribution in [3.63, 3.8) is 0 Å². The van der Waals surface area contributed by atoms with Gasteiger partial charge in [0.15, 0.2) is 0 Å². The van der Waals surface area contributed by atoms with Crippen LogP contribution < -0.4 is 4.90 Å². The average molecular weight is 411 g/mol. The van der Waals surface area contributed by atoms with Crippen LogP contribution in [-0.4, -0.2) is 42.0 Å². The SMILES string of the molecule is CN(Cc1cccc(N2CCC(C(=O)O)CC2)c1)C(=O)C12CC3CC(CC(C3)C1)C2. The fourth-order valence-electron chi connectivity index (χ4n) is 7.36. The number of nitrogens with zero attached hydrogens (tertiary/aromatic N) is 2. The van der Waals surface area contributed by atoms with E-state index < -0.39 is 5.97 Å². The van der Waals surface area contributed by atoms with Crippen molar-refractivity contribution in [3.05, 3.63) is 29.8 Å². The summed E-state index contributed by atoms with van der Waals surface area (Å²) in [7, 11) is 1.98. The topological polar surface area (TPSA) is 60.9 Å². The van der Waals surface area contributed by atoms with Crippen molar-refractivity contribution < 1.29 is 14.7 Å². The molecule has 1 aliphatic heterocycles. The summed E-state index contributed by atoms with van der Waals surface area (Å²) in [4.78, 5) is 29.0. The highest BCUT2D eigenvalue weighted by atomic mass is 16.4. The van der Waals surface area contributed by atoms with E-state index in [2.05, 4.69) is 29.2 Å². The Kier molecular flexibility index (Phi) is 5.03. The summed E-state index contributed by atoms with van der Waals surface area (Å²) in [5, 5.41) is 9.22. The van der Waals surface area contributed by atoms with Gasteiger partial charge in [-0.2, -0.15) is 0 Å². The lowest BCUT2D eigenvalue weighted by molar-refractivity contribution is -0.156. The van der Waals surface area contributed by atoms with Crippen LogP contribution in [0.2, 0.25) is 0 Å². The summed E-state index contributed by atoms with van der Waals surface area (Å²) in [5.41, 5.74) is 2.22. The largest absolute Gasteiger partial charge is 0.481 e. The Bertz CT molecular complexity index is 792. The summed E-state index contributed by atoms with van der Waals surface area (Å²) in [6, 6.07) is 8.46. The Morgan fingerprint density at radius 3 is 2.23 bits per heavy atom. The first kappa shape index (κ1) is 19.9. The molecule has 1 saturated heterocycles. The molecule has 1 aromatic carbocycles. The quantitative estimate of drug-likeness (QED) is 0.792. The van der Waals surface area contributed by atoms with E-state index in [-0.39, 0.29) is 11.3 Å². The first-order valence-corrected chi connectivity index (χ1v) is 11.7. The van der Waals surface area contributed by atoms with Gasteiger partial charge in [0, 0.05) is 32.4 Å². The molecule has 0 atom stereocenters. The zero-order chi connectivity index (χ0) is 20.9. The van der Waals surface area contributed by atoms with Gasteiger partial charge in [0.05, 0.1) is 11.3 Å². The molecule has 1 heterocycles. The Morgan fingerprint density at radius 1 is 1.07 bits per heavy atom. The summed E-state index contributed by atoms with van der Waals surface area (Å²) in [6.07, 6.45) is 8.81. The van der Waals surface area contributed by atoms with Crippen LogP contribution in [0.1, 0.15) is 56.9 Å². The van der Waals surface area contributed by atoms with Crippen LogP contribution in [0.25, 0.3) is 0 Å². The Labute approximate surface area is 179 Å². The molecule has 1 N–H and O–H groups in total. The zero-order valence-electron chi connectivity index (χ0n) is 18.1. The molecule has 0 aromatic heterocycles. The summed E-state index contributed by atoms with van der Waals surface area (Å²) in [5.74, 6) is 1.83. The summed E-state index contributed by atoms with van der Waals surface area (Å²) in [6.45, 7) is 2.21. The fourth-order valence-corrected chi connectivity index (χ4v) is 7.36. The lowest BCUT2D eigenvalue weighted by Crippen LogP contribution is -2.53. The maximum Gasteiger partial charge on any atom is 0.306 e. The van der Waals surface area contributed by atoms with Gasteiger partial charge in [-0.15, -0.1) is 0 Å². The number of benzene rings is 1. The molecule has 1 amide bonds. The van der Waals surface area contributed by atoms with Crippen LogP contribution in [0, 0.1) is 29.1 Å². The van der Waals surface area contributed by atoms with E-state index >= 15 is 0 Å². The van der Waals surface area contributed by atoms with Gasteiger partial charge in [-0.1, -0.05) is 12.1 Å². The molecule has 4 aliphatic carbocycles. The van der Waals surface area contributed by atoms with Gasteiger partial charge < -0.3 is 14.9 Å². The lowest BCUT2D eigenvalue weighted by atomic mass is 9.49. The van der Waals surface area contributed by atoms with E-state index in [0.29, 0.717) is 25.3 Å². The van der Waals surface area contributed by atoms with Crippen molar-refractivity contribution in [1.29, 1.82) is 0 Å². The lowest BCUT2D eigenvalue weighted by Gasteiger charge is -2.56. The maximum atomic E-state index is 13.5. The van der Waals surface area contributed by atoms with Crippen LogP contribution >= 0.6 is 0 Å². The maximum absolute atomic E-state index is 13.5. The van der Waals surface area contributed by atoms with Crippen LogP contribution in [0.5, 0.6) is 0 Å². The first-order chi connectivity index (χ1) is 14.4. The van der Waals surface area contributed by atoms with Crippen molar-refractivity contribution in [2.24, 2.45) is 29.1 Å². The number of carbonyl (C=O) groups is 2. The molecule has 6 rings (SSSR count). The molecule has 162 valence electrons. The van der Waals surface area contributed by atoms with E-state index in [1.165, 1.54) is 19.3 Å². The van der Waals surface area contributed by atoms with Gasteiger partial charge >= 0.3 is 5.97 Å². The number of carboxylic acids is 1. The van der Waals surface area contributed by atoms with E-state index in [4.69, 9.17) is 0 Å². The molecular weight excluding hydrogens is 376 g/mol. The number of piperidine rings is 1. The van der Waals surface area contributed by atoms with Crippen molar-refractivity contribution >= 4 is 17.6 Å². The highest BCUT2D eigenvalue weighted by Gasteiger charge is 2.55. The van der Waals surface area contributed by atoms with Crippen LogP contribution in [-0.2, 0) is 16.1 Å². The van der Waals surface area contributed by atoms with E-state index in [1.54, 1.807) is 0 Å². The number of carboxylic acid groups (broad SMARTS) is 1. The van der Waals surface area contributed by atoms with Crippen molar-refractivity contribution in [2.45, 2.75) is 57.9 Å². The van der Waals surface area contributed by atoms with Crippen molar-refractivity contribution in [3.8, 4) is 0 Å². The molecule has 1 aromatic rings. The molecule has 30 heavy (non-hydrogen) atoms. The number of hydrogen-bond acceptors (Lipinski definition) is 3. The normalized spacial score (nSPS) is 33.0. The molecule has 0 radical (unpaired) electrons. The van der Waals surface area contributed by atoms with E-state index in [0.717, 1.165) is 61.4 Å². The molecule has 4 bridgehead atoms. The van der Waals surface area contributed by atoms with E-state index in [9.17, 15) is 14.7 Å². The molecule has 5 fully saturated rings. The minimum atomic E-state index is -0.673. The van der Waals surface area contributed by atoms with Gasteiger partial charge in [-0.05, 0) is 86.8 Å². The Morgan fingerprint density at radius 2 is 1.67 bits per heavy atom. The van der Waals surface area contributed by atoms with E-state index in [1.807, 2.05) is 11.9 Å². The summed E-state index contributed by atoms with van der Waals surface area (Å²) >= 11 is 0. The third kappa shape index (κ3) is 3.61. The Balaban J connectivity index is 1.24. The monoisotopic (exact) mass is 410 g/mol. The average Bonchev–Trinajstić information content (AvgIpc) is 2.72. The van der Waals surface area contributed by atoms with Crippen LogP contribution in [0.3, 0.4) is 0 Å². The zero-order valence-corrected chi connectivity index (χ0v) is 18.1.